The predicted octanol–water partition coefficient (Wildman–Crippen LogP) is 13.5. The van der Waals surface area contributed by atoms with Crippen LogP contribution in [0.5, 0.6) is 0 Å². The lowest BCUT2D eigenvalue weighted by Crippen LogP contribution is -2.00. The van der Waals surface area contributed by atoms with Crippen LogP contribution in [0.2, 0.25) is 0 Å². The van der Waals surface area contributed by atoms with Gasteiger partial charge in [0.05, 0.1) is 22.2 Å². The first-order valence-electron chi connectivity index (χ1n) is 20.4. The van der Waals surface area contributed by atoms with Crippen molar-refractivity contribution in [3.8, 4) is 78.8 Å². The molecule has 0 fully saturated rings. The Morgan fingerprint density at radius 2 is 0.918 bits per heavy atom. The van der Waals surface area contributed by atoms with E-state index in [0.29, 0.717) is 17.5 Å². The molecule has 0 atom stereocenters. The van der Waals surface area contributed by atoms with E-state index in [-0.39, 0.29) is 0 Å². The van der Waals surface area contributed by atoms with Crippen molar-refractivity contribution in [2.45, 2.75) is 6.92 Å². The Morgan fingerprint density at radius 3 is 1.69 bits per heavy atom. The number of rotatable bonds is 7. The van der Waals surface area contributed by atoms with Crippen molar-refractivity contribution < 1.29 is 0 Å². The summed E-state index contributed by atoms with van der Waals surface area (Å²) in [7, 11) is 0. The van der Waals surface area contributed by atoms with Gasteiger partial charge in [0.25, 0.3) is 0 Å². The lowest BCUT2D eigenvalue weighted by molar-refractivity contribution is 1.07. The van der Waals surface area contributed by atoms with E-state index in [0.717, 1.165) is 99.7 Å². The van der Waals surface area contributed by atoms with Gasteiger partial charge in [-0.2, -0.15) is 0 Å². The highest BCUT2D eigenvalue weighted by Crippen LogP contribution is 2.36. The minimum Gasteiger partial charge on any atom is -0.256 e. The van der Waals surface area contributed by atoms with Crippen molar-refractivity contribution in [2.24, 2.45) is 0 Å². The maximum atomic E-state index is 5.14. The molecule has 11 rings (SSSR count). The standard InChI is InChI=1S/C55H36N6/c1-35-32-48(47-29-27-38-28-30-49(37-12-4-2-5-13-37)58-51(38)52(47)57-35)43-18-8-16-41(33-43)36-23-25-40(26-24-36)54-59-53(39-14-6-3-7-15-39)60-55(61-54)44-19-9-17-42(34-44)45-20-10-22-50-46(45)21-11-31-56-50/h2-34H,1H3. The van der Waals surface area contributed by atoms with Crippen LogP contribution in [0.4, 0.5) is 0 Å². The molecule has 11 aromatic rings. The number of aromatic nitrogens is 6. The third-order valence-electron chi connectivity index (χ3n) is 11.2. The Labute approximate surface area is 353 Å². The summed E-state index contributed by atoms with van der Waals surface area (Å²) < 4.78 is 0. The van der Waals surface area contributed by atoms with E-state index < -0.39 is 0 Å². The minimum absolute atomic E-state index is 0.610. The Bertz CT molecular complexity index is 3420. The van der Waals surface area contributed by atoms with E-state index in [2.05, 4.69) is 145 Å². The van der Waals surface area contributed by atoms with Crippen molar-refractivity contribution >= 4 is 32.7 Å². The molecule has 4 aromatic heterocycles. The molecule has 6 heteroatoms. The highest BCUT2D eigenvalue weighted by atomic mass is 15.0. The lowest BCUT2D eigenvalue weighted by atomic mass is 9.95. The van der Waals surface area contributed by atoms with Crippen molar-refractivity contribution in [1.82, 2.24) is 29.9 Å². The monoisotopic (exact) mass is 780 g/mol. The number of benzene rings is 7. The fraction of sp³-hybridized carbons (Fsp3) is 0.0182. The summed E-state index contributed by atoms with van der Waals surface area (Å²) >= 11 is 0. The zero-order chi connectivity index (χ0) is 40.7. The average molecular weight is 781 g/mol. The molecule has 0 aliphatic carbocycles. The van der Waals surface area contributed by atoms with Gasteiger partial charge in [-0.1, -0.05) is 158 Å². The van der Waals surface area contributed by atoms with Crippen LogP contribution in [0.1, 0.15) is 5.69 Å². The van der Waals surface area contributed by atoms with Gasteiger partial charge in [0.15, 0.2) is 17.5 Å². The van der Waals surface area contributed by atoms with Gasteiger partial charge >= 0.3 is 0 Å². The zero-order valence-corrected chi connectivity index (χ0v) is 33.2. The molecule has 286 valence electrons. The van der Waals surface area contributed by atoms with Gasteiger partial charge in [0.2, 0.25) is 0 Å². The molecule has 0 saturated carbocycles. The van der Waals surface area contributed by atoms with E-state index in [4.69, 9.17) is 24.9 Å². The normalized spacial score (nSPS) is 11.4. The molecule has 0 saturated heterocycles. The Morgan fingerprint density at radius 1 is 0.328 bits per heavy atom. The average Bonchev–Trinajstić information content (AvgIpc) is 3.34. The molecule has 7 aromatic carbocycles. The number of hydrogen-bond donors (Lipinski definition) is 0. The van der Waals surface area contributed by atoms with E-state index in [1.54, 1.807) is 0 Å². The summed E-state index contributed by atoms with van der Waals surface area (Å²) in [5.41, 5.74) is 15.1. The molecule has 0 spiro atoms. The molecule has 0 unspecified atom stereocenters. The van der Waals surface area contributed by atoms with Gasteiger partial charge < -0.3 is 0 Å². The fourth-order valence-corrected chi connectivity index (χ4v) is 8.22. The second-order valence-electron chi connectivity index (χ2n) is 15.2. The number of hydrogen-bond acceptors (Lipinski definition) is 6. The van der Waals surface area contributed by atoms with E-state index in [9.17, 15) is 0 Å². The maximum Gasteiger partial charge on any atom is 0.164 e. The quantitative estimate of drug-likeness (QED) is 0.150. The maximum absolute atomic E-state index is 5.14. The molecule has 4 heterocycles. The van der Waals surface area contributed by atoms with E-state index in [1.165, 1.54) is 0 Å². The zero-order valence-electron chi connectivity index (χ0n) is 33.2. The second kappa shape index (κ2) is 15.2. The number of aryl methyl sites for hydroxylation is 1. The van der Waals surface area contributed by atoms with Crippen LogP contribution in [0.3, 0.4) is 0 Å². The highest BCUT2D eigenvalue weighted by Gasteiger charge is 2.16. The fourth-order valence-electron chi connectivity index (χ4n) is 8.22. The molecule has 0 N–H and O–H groups in total. The van der Waals surface area contributed by atoms with Crippen molar-refractivity contribution in [3.05, 3.63) is 206 Å². The Balaban J connectivity index is 0.957. The molecule has 0 bridgehead atoms. The van der Waals surface area contributed by atoms with E-state index in [1.807, 2.05) is 66.9 Å². The first-order chi connectivity index (χ1) is 30.1. The van der Waals surface area contributed by atoms with Crippen LogP contribution in [0, 0.1) is 6.92 Å². The smallest absolute Gasteiger partial charge is 0.164 e. The van der Waals surface area contributed by atoms with Crippen molar-refractivity contribution in [3.63, 3.8) is 0 Å². The first-order valence-corrected chi connectivity index (χ1v) is 20.4. The van der Waals surface area contributed by atoms with E-state index >= 15 is 0 Å². The van der Waals surface area contributed by atoms with Crippen LogP contribution in [-0.2, 0) is 0 Å². The van der Waals surface area contributed by atoms with Crippen LogP contribution in [0.25, 0.3) is 112 Å². The molecule has 61 heavy (non-hydrogen) atoms. The van der Waals surface area contributed by atoms with Gasteiger partial charge in [-0.05, 0) is 76.7 Å². The predicted molar refractivity (Wildman–Crippen MR) is 249 cm³/mol. The van der Waals surface area contributed by atoms with Crippen LogP contribution >= 0.6 is 0 Å². The van der Waals surface area contributed by atoms with Crippen molar-refractivity contribution in [2.75, 3.05) is 0 Å². The number of nitrogens with zero attached hydrogens (tertiary/aromatic N) is 6. The van der Waals surface area contributed by atoms with Crippen molar-refractivity contribution in [1.29, 1.82) is 0 Å². The van der Waals surface area contributed by atoms with Gasteiger partial charge in [0.1, 0.15) is 0 Å². The lowest BCUT2D eigenvalue weighted by Gasteiger charge is -2.13. The minimum atomic E-state index is 0.610. The van der Waals surface area contributed by atoms with Gasteiger partial charge in [0, 0.05) is 50.3 Å². The topological polar surface area (TPSA) is 77.3 Å². The van der Waals surface area contributed by atoms with Gasteiger partial charge in [-0.15, -0.1) is 0 Å². The first kappa shape index (κ1) is 35.9. The van der Waals surface area contributed by atoms with Gasteiger partial charge in [-0.25, -0.2) is 19.9 Å². The number of pyridine rings is 3. The largest absolute Gasteiger partial charge is 0.256 e. The molecular formula is C55H36N6. The third kappa shape index (κ3) is 6.86. The molecule has 0 amide bonds. The Kier molecular flexibility index (Phi) is 8.94. The van der Waals surface area contributed by atoms with Crippen LogP contribution in [0.15, 0.2) is 200 Å². The highest BCUT2D eigenvalue weighted by molar-refractivity contribution is 6.09. The summed E-state index contributed by atoms with van der Waals surface area (Å²) in [6.07, 6.45) is 1.83. The molecule has 6 nitrogen and oxygen atoms in total. The molecule has 0 radical (unpaired) electrons. The number of fused-ring (bicyclic) bond motifs is 4. The SMILES string of the molecule is Cc1cc(-c2cccc(-c3ccc(-c4nc(-c5ccccc5)nc(-c5cccc(-c6cccc7ncccc67)c5)n4)cc3)c2)c2ccc3ccc(-c4ccccc4)nc3c2n1. The summed E-state index contributed by atoms with van der Waals surface area (Å²) in [6.45, 7) is 2.06. The van der Waals surface area contributed by atoms with Gasteiger partial charge in [-0.3, -0.25) is 9.97 Å². The third-order valence-corrected chi connectivity index (χ3v) is 11.2. The summed E-state index contributed by atoms with van der Waals surface area (Å²) in [5, 5.41) is 3.24. The molecule has 0 aliphatic heterocycles. The van der Waals surface area contributed by atoms with Crippen LogP contribution in [-0.4, -0.2) is 29.9 Å². The molecular weight excluding hydrogens is 745 g/mol. The Hall–Kier alpha value is -8.22. The summed E-state index contributed by atoms with van der Waals surface area (Å²) in [4.78, 5) is 29.9. The molecule has 0 aliphatic rings. The van der Waals surface area contributed by atoms with Crippen LogP contribution < -0.4 is 0 Å². The summed E-state index contributed by atoms with van der Waals surface area (Å²) in [6, 6.07) is 67.0. The summed E-state index contributed by atoms with van der Waals surface area (Å²) in [5.74, 6) is 1.84. The second-order valence-corrected chi connectivity index (χ2v) is 15.2.